The fourth-order valence-electron chi connectivity index (χ4n) is 3.81. The Bertz CT molecular complexity index is 287. The van der Waals surface area contributed by atoms with Gasteiger partial charge in [0.1, 0.15) is 0 Å². The highest BCUT2D eigenvalue weighted by molar-refractivity contribution is 5.74. The van der Waals surface area contributed by atoms with Crippen LogP contribution in [-0.4, -0.2) is 30.1 Å². The average Bonchev–Trinajstić information content (AvgIpc) is 2.38. The van der Waals surface area contributed by atoms with Gasteiger partial charge < -0.3 is 10.2 Å². The Morgan fingerprint density at radius 2 is 1.68 bits per heavy atom. The van der Waals surface area contributed by atoms with Gasteiger partial charge in [0.05, 0.1) is 0 Å². The second-order valence-corrected chi connectivity index (χ2v) is 6.93. The van der Waals surface area contributed by atoms with Crippen LogP contribution in [0.25, 0.3) is 0 Å². The van der Waals surface area contributed by atoms with Crippen molar-refractivity contribution < 1.29 is 4.79 Å². The van der Waals surface area contributed by atoms with Crippen LogP contribution in [0, 0.1) is 17.8 Å². The smallest absolute Gasteiger partial charge is 0.317 e. The van der Waals surface area contributed by atoms with E-state index in [-0.39, 0.29) is 6.03 Å². The van der Waals surface area contributed by atoms with Gasteiger partial charge >= 0.3 is 6.03 Å². The summed E-state index contributed by atoms with van der Waals surface area (Å²) in [5.74, 6) is 2.18. The molecule has 1 N–H and O–H groups in total. The van der Waals surface area contributed by atoms with Gasteiger partial charge in [-0.1, -0.05) is 27.2 Å². The summed E-state index contributed by atoms with van der Waals surface area (Å²) in [6.07, 6.45) is 7.46. The highest BCUT2D eigenvalue weighted by Gasteiger charge is 2.28. The third-order valence-corrected chi connectivity index (χ3v) is 4.91. The summed E-state index contributed by atoms with van der Waals surface area (Å²) in [7, 11) is 0. The minimum atomic E-state index is 0.179. The SMILES string of the molecule is CCC1CCC(NC(=O)N2CC(C)CC(C)C2)CC1. The molecule has 1 heterocycles. The van der Waals surface area contributed by atoms with Crippen molar-refractivity contribution in [2.24, 2.45) is 17.8 Å². The van der Waals surface area contributed by atoms with Crippen LogP contribution < -0.4 is 5.32 Å². The van der Waals surface area contributed by atoms with Crippen LogP contribution in [-0.2, 0) is 0 Å². The number of urea groups is 1. The first-order chi connectivity index (χ1) is 9.08. The maximum atomic E-state index is 12.3. The largest absolute Gasteiger partial charge is 0.335 e. The van der Waals surface area contributed by atoms with Gasteiger partial charge in [0, 0.05) is 19.1 Å². The Morgan fingerprint density at radius 1 is 1.11 bits per heavy atom. The van der Waals surface area contributed by atoms with Gasteiger partial charge in [0.25, 0.3) is 0 Å². The molecule has 3 heteroatoms. The van der Waals surface area contributed by atoms with E-state index < -0.39 is 0 Å². The third kappa shape index (κ3) is 4.12. The molecule has 2 atom stereocenters. The number of rotatable bonds is 2. The molecule has 110 valence electrons. The first kappa shape index (κ1) is 14.7. The first-order valence-corrected chi connectivity index (χ1v) is 8.13. The number of hydrogen-bond donors (Lipinski definition) is 1. The van der Waals surface area contributed by atoms with Crippen molar-refractivity contribution in [3.8, 4) is 0 Å². The highest BCUT2D eigenvalue weighted by atomic mass is 16.2. The maximum absolute atomic E-state index is 12.3. The van der Waals surface area contributed by atoms with E-state index in [1.54, 1.807) is 0 Å². The lowest BCUT2D eigenvalue weighted by molar-refractivity contribution is 0.140. The van der Waals surface area contributed by atoms with E-state index in [1.165, 1.54) is 38.5 Å². The van der Waals surface area contributed by atoms with E-state index in [0.717, 1.165) is 19.0 Å². The number of amides is 2. The third-order valence-electron chi connectivity index (χ3n) is 4.91. The molecule has 0 spiro atoms. The number of carbonyl (C=O) groups is 1. The average molecular weight is 266 g/mol. The van der Waals surface area contributed by atoms with Gasteiger partial charge in [0.15, 0.2) is 0 Å². The van der Waals surface area contributed by atoms with Crippen LogP contribution in [0.4, 0.5) is 4.79 Å². The molecule has 19 heavy (non-hydrogen) atoms. The number of piperidine rings is 1. The van der Waals surface area contributed by atoms with Gasteiger partial charge in [-0.3, -0.25) is 0 Å². The molecule has 1 aliphatic carbocycles. The second kappa shape index (κ2) is 6.62. The number of hydrogen-bond acceptors (Lipinski definition) is 1. The van der Waals surface area contributed by atoms with E-state index >= 15 is 0 Å². The summed E-state index contributed by atoms with van der Waals surface area (Å²) < 4.78 is 0. The molecule has 2 amide bonds. The summed E-state index contributed by atoms with van der Waals surface area (Å²) in [5, 5.41) is 3.26. The highest BCUT2D eigenvalue weighted by Crippen LogP contribution is 2.27. The molecule has 2 unspecified atom stereocenters. The van der Waals surface area contributed by atoms with Crippen molar-refractivity contribution in [3.63, 3.8) is 0 Å². The van der Waals surface area contributed by atoms with Crippen molar-refractivity contribution in [1.29, 1.82) is 0 Å². The van der Waals surface area contributed by atoms with E-state index in [0.29, 0.717) is 17.9 Å². The second-order valence-electron chi connectivity index (χ2n) is 6.93. The van der Waals surface area contributed by atoms with Crippen molar-refractivity contribution in [3.05, 3.63) is 0 Å². The van der Waals surface area contributed by atoms with Crippen LogP contribution in [0.3, 0.4) is 0 Å². The lowest BCUT2D eigenvalue weighted by Gasteiger charge is -2.37. The summed E-state index contributed by atoms with van der Waals surface area (Å²) in [5.41, 5.74) is 0. The predicted molar refractivity (Wildman–Crippen MR) is 79.1 cm³/mol. The van der Waals surface area contributed by atoms with Gasteiger partial charge in [-0.05, 0) is 49.9 Å². The Labute approximate surface area is 118 Å². The maximum Gasteiger partial charge on any atom is 0.317 e. The summed E-state index contributed by atoms with van der Waals surface area (Å²) in [6, 6.07) is 0.598. The molecule has 2 rings (SSSR count). The van der Waals surface area contributed by atoms with Crippen LogP contribution in [0.15, 0.2) is 0 Å². The molecule has 0 bridgehead atoms. The minimum absolute atomic E-state index is 0.179. The van der Waals surface area contributed by atoms with E-state index in [1.807, 2.05) is 4.90 Å². The lowest BCUT2D eigenvalue weighted by atomic mass is 9.84. The minimum Gasteiger partial charge on any atom is -0.335 e. The fourth-order valence-corrected chi connectivity index (χ4v) is 3.81. The Morgan fingerprint density at radius 3 is 2.21 bits per heavy atom. The molecule has 1 saturated heterocycles. The summed E-state index contributed by atoms with van der Waals surface area (Å²) in [4.78, 5) is 14.4. The molecule has 0 aromatic heterocycles. The van der Waals surface area contributed by atoms with Crippen molar-refractivity contribution in [2.75, 3.05) is 13.1 Å². The topological polar surface area (TPSA) is 32.3 Å². The molecule has 2 fully saturated rings. The monoisotopic (exact) mass is 266 g/mol. The van der Waals surface area contributed by atoms with Crippen LogP contribution in [0.1, 0.15) is 59.3 Å². The zero-order chi connectivity index (χ0) is 13.8. The molecule has 0 aromatic carbocycles. The van der Waals surface area contributed by atoms with E-state index in [9.17, 15) is 4.79 Å². The number of likely N-dealkylation sites (tertiary alicyclic amines) is 1. The number of nitrogens with zero attached hydrogens (tertiary/aromatic N) is 1. The van der Waals surface area contributed by atoms with E-state index in [4.69, 9.17) is 0 Å². The van der Waals surface area contributed by atoms with Crippen LogP contribution in [0.2, 0.25) is 0 Å². The molecule has 1 aliphatic heterocycles. The molecular weight excluding hydrogens is 236 g/mol. The Hall–Kier alpha value is -0.730. The van der Waals surface area contributed by atoms with Gasteiger partial charge in [-0.15, -0.1) is 0 Å². The van der Waals surface area contributed by atoms with Crippen LogP contribution >= 0.6 is 0 Å². The Balaban J connectivity index is 1.78. The quantitative estimate of drug-likeness (QED) is 0.813. The van der Waals surface area contributed by atoms with E-state index in [2.05, 4.69) is 26.1 Å². The fraction of sp³-hybridized carbons (Fsp3) is 0.938. The summed E-state index contributed by atoms with van der Waals surface area (Å²) >= 11 is 0. The summed E-state index contributed by atoms with van der Waals surface area (Å²) in [6.45, 7) is 8.64. The zero-order valence-corrected chi connectivity index (χ0v) is 12.8. The molecule has 0 aromatic rings. The van der Waals surface area contributed by atoms with Gasteiger partial charge in [-0.25, -0.2) is 4.79 Å². The lowest BCUT2D eigenvalue weighted by Crippen LogP contribution is -2.50. The first-order valence-electron chi connectivity index (χ1n) is 8.13. The Kier molecular flexibility index (Phi) is 5.12. The molecule has 3 nitrogen and oxygen atoms in total. The molecular formula is C16H30N2O. The van der Waals surface area contributed by atoms with Crippen molar-refractivity contribution in [1.82, 2.24) is 10.2 Å². The zero-order valence-electron chi connectivity index (χ0n) is 12.8. The van der Waals surface area contributed by atoms with Crippen molar-refractivity contribution in [2.45, 2.75) is 65.3 Å². The standard InChI is InChI=1S/C16H30N2O/c1-4-14-5-7-15(8-6-14)17-16(19)18-10-12(2)9-13(3)11-18/h12-15H,4-11H2,1-3H3,(H,17,19). The molecule has 2 aliphatic rings. The number of carbonyl (C=O) groups excluding carboxylic acids is 1. The van der Waals surface area contributed by atoms with Crippen LogP contribution in [0.5, 0.6) is 0 Å². The molecule has 0 radical (unpaired) electrons. The molecule has 1 saturated carbocycles. The van der Waals surface area contributed by atoms with Crippen molar-refractivity contribution >= 4 is 6.03 Å². The predicted octanol–water partition coefficient (Wildman–Crippen LogP) is 3.64. The normalized spacial score (nSPS) is 36.1. The van der Waals surface area contributed by atoms with Gasteiger partial charge in [0.2, 0.25) is 0 Å². The van der Waals surface area contributed by atoms with Gasteiger partial charge in [-0.2, -0.15) is 0 Å². The number of nitrogens with one attached hydrogen (secondary N) is 1.